The molecule has 5 rings (SSSR count). The zero-order valence-corrected chi connectivity index (χ0v) is 23.2. The first-order valence-corrected chi connectivity index (χ1v) is 13.4. The molecule has 0 amide bonds. The molecule has 0 saturated carbocycles. The highest BCUT2D eigenvalue weighted by Gasteiger charge is 2.05. The summed E-state index contributed by atoms with van der Waals surface area (Å²) in [6, 6.07) is 30.2. The molecule has 202 valence electrons. The second kappa shape index (κ2) is 13.1. The summed E-state index contributed by atoms with van der Waals surface area (Å²) in [5.74, 6) is 2.82. The zero-order valence-electron chi connectivity index (χ0n) is 21.7. The maximum atomic E-state index is 6.12. The van der Waals surface area contributed by atoms with Gasteiger partial charge in [0, 0.05) is 45.2 Å². The van der Waals surface area contributed by atoms with Gasteiger partial charge in [0.1, 0.15) is 17.2 Å². The first kappa shape index (κ1) is 27.1. The molecule has 1 aromatic heterocycles. The molecule has 0 spiro atoms. The number of fused-ring (bicyclic) bond motifs is 1. The molecule has 0 bridgehead atoms. The van der Waals surface area contributed by atoms with E-state index in [2.05, 4.69) is 20.9 Å². The lowest BCUT2D eigenvalue weighted by atomic mass is 10.2. The van der Waals surface area contributed by atoms with Crippen molar-refractivity contribution in [2.45, 2.75) is 0 Å². The average molecular weight is 572 g/mol. The van der Waals surface area contributed by atoms with Gasteiger partial charge in [0.25, 0.3) is 0 Å². The Labute approximate surface area is 242 Å². The van der Waals surface area contributed by atoms with E-state index in [-0.39, 0.29) is 0 Å². The number of ether oxygens (including phenoxy) is 2. The third-order valence-corrected chi connectivity index (χ3v) is 6.41. The SMILES string of the molecule is COc1ccc(Oc2ccc(NC(=NCCNc3ccnc4cc(Cl)ccc34)Nc3ccc(Cl)cc3)cc2)cc1. The number of hydrogen-bond donors (Lipinski definition) is 3. The van der Waals surface area contributed by atoms with Crippen LogP contribution in [0.3, 0.4) is 0 Å². The van der Waals surface area contributed by atoms with Crippen LogP contribution in [0.2, 0.25) is 10.0 Å². The largest absolute Gasteiger partial charge is 0.497 e. The second-order valence-corrected chi connectivity index (χ2v) is 9.61. The maximum absolute atomic E-state index is 6.12. The molecule has 9 heteroatoms. The number of halogens is 2. The van der Waals surface area contributed by atoms with Gasteiger partial charge in [-0.2, -0.15) is 0 Å². The van der Waals surface area contributed by atoms with Crippen molar-refractivity contribution in [2.24, 2.45) is 4.99 Å². The van der Waals surface area contributed by atoms with Crippen molar-refractivity contribution in [1.82, 2.24) is 4.98 Å². The van der Waals surface area contributed by atoms with Crippen molar-refractivity contribution in [1.29, 1.82) is 0 Å². The van der Waals surface area contributed by atoms with Crippen molar-refractivity contribution >= 4 is 57.1 Å². The van der Waals surface area contributed by atoms with Crippen LogP contribution in [-0.2, 0) is 0 Å². The molecule has 0 saturated heterocycles. The van der Waals surface area contributed by atoms with Crippen molar-refractivity contribution < 1.29 is 9.47 Å². The Balaban J connectivity index is 1.26. The topological polar surface area (TPSA) is 79.8 Å². The molecular weight excluding hydrogens is 545 g/mol. The lowest BCUT2D eigenvalue weighted by Gasteiger charge is -2.14. The molecule has 3 N–H and O–H groups in total. The molecule has 5 aromatic rings. The molecule has 0 radical (unpaired) electrons. The normalized spacial score (nSPS) is 11.2. The molecule has 0 aliphatic carbocycles. The molecule has 0 aliphatic heterocycles. The summed E-state index contributed by atoms with van der Waals surface area (Å²) in [4.78, 5) is 9.17. The van der Waals surface area contributed by atoms with Crippen LogP contribution in [0.5, 0.6) is 17.2 Å². The average Bonchev–Trinajstić information content (AvgIpc) is 2.97. The van der Waals surface area contributed by atoms with Crippen molar-refractivity contribution in [2.75, 3.05) is 36.1 Å². The van der Waals surface area contributed by atoms with E-state index in [9.17, 15) is 0 Å². The molecule has 0 unspecified atom stereocenters. The van der Waals surface area contributed by atoms with E-state index in [4.69, 9.17) is 37.7 Å². The van der Waals surface area contributed by atoms with Gasteiger partial charge in [-0.05, 0) is 97.1 Å². The van der Waals surface area contributed by atoms with Crippen LogP contribution in [0.4, 0.5) is 17.1 Å². The number of anilines is 3. The summed E-state index contributed by atoms with van der Waals surface area (Å²) in [7, 11) is 1.64. The number of aliphatic imine (C=N–C) groups is 1. The van der Waals surface area contributed by atoms with E-state index in [1.807, 2.05) is 97.1 Å². The predicted molar refractivity (Wildman–Crippen MR) is 166 cm³/mol. The van der Waals surface area contributed by atoms with Crippen LogP contribution >= 0.6 is 23.2 Å². The fourth-order valence-electron chi connectivity index (χ4n) is 3.94. The number of nitrogens with zero attached hydrogens (tertiary/aromatic N) is 2. The monoisotopic (exact) mass is 571 g/mol. The predicted octanol–water partition coefficient (Wildman–Crippen LogP) is 8.33. The minimum Gasteiger partial charge on any atom is -0.497 e. The van der Waals surface area contributed by atoms with Crippen molar-refractivity contribution in [3.8, 4) is 17.2 Å². The number of hydrogen-bond acceptors (Lipinski definition) is 5. The number of aromatic nitrogens is 1. The standard InChI is InChI=1S/C31H27Cl2N5O2/c1-39-25-11-13-27(14-12-25)40-26-9-7-24(8-10-26)38-31(37-23-5-2-21(32)3-6-23)36-19-18-35-29-16-17-34-30-20-22(33)4-15-28(29)30/h2-17,20H,18-19H2,1H3,(H,34,35)(H2,36,37,38). The Morgan fingerprint density at radius 2 is 1.35 bits per heavy atom. The number of pyridine rings is 1. The van der Waals surface area contributed by atoms with Crippen molar-refractivity contribution in [3.05, 3.63) is 113 Å². The van der Waals surface area contributed by atoms with E-state index >= 15 is 0 Å². The van der Waals surface area contributed by atoms with E-state index in [0.717, 1.165) is 45.2 Å². The summed E-state index contributed by atoms with van der Waals surface area (Å²) in [6.45, 7) is 1.13. The Kier molecular flexibility index (Phi) is 8.86. The van der Waals surface area contributed by atoms with Gasteiger partial charge in [-0.1, -0.05) is 23.2 Å². The fraction of sp³-hybridized carbons (Fsp3) is 0.0968. The van der Waals surface area contributed by atoms with Crippen LogP contribution in [0.15, 0.2) is 108 Å². The van der Waals surface area contributed by atoms with Gasteiger partial charge in [0.15, 0.2) is 5.96 Å². The third kappa shape index (κ3) is 7.34. The molecule has 0 fully saturated rings. The zero-order chi connectivity index (χ0) is 27.7. The van der Waals surface area contributed by atoms with Gasteiger partial charge in [-0.15, -0.1) is 0 Å². The molecule has 40 heavy (non-hydrogen) atoms. The van der Waals surface area contributed by atoms with E-state index in [1.54, 1.807) is 13.3 Å². The number of methoxy groups -OCH3 is 1. The van der Waals surface area contributed by atoms with Crippen LogP contribution < -0.4 is 25.4 Å². The van der Waals surface area contributed by atoms with Gasteiger partial charge in [0.05, 0.1) is 19.2 Å². The number of nitrogens with one attached hydrogen (secondary N) is 3. The van der Waals surface area contributed by atoms with Crippen LogP contribution in [0.1, 0.15) is 0 Å². The number of rotatable bonds is 9. The minimum atomic E-state index is 0.513. The minimum absolute atomic E-state index is 0.513. The highest BCUT2D eigenvalue weighted by atomic mass is 35.5. The molecule has 0 atom stereocenters. The lowest BCUT2D eigenvalue weighted by Crippen LogP contribution is -2.23. The van der Waals surface area contributed by atoms with Crippen molar-refractivity contribution in [3.63, 3.8) is 0 Å². The van der Waals surface area contributed by atoms with E-state index in [1.165, 1.54) is 0 Å². The van der Waals surface area contributed by atoms with E-state index < -0.39 is 0 Å². The van der Waals surface area contributed by atoms with Gasteiger partial charge in [-0.3, -0.25) is 9.98 Å². The molecule has 1 heterocycles. The summed E-state index contributed by atoms with van der Waals surface area (Å²) in [6.07, 6.45) is 1.77. The highest BCUT2D eigenvalue weighted by Crippen LogP contribution is 2.26. The maximum Gasteiger partial charge on any atom is 0.200 e. The highest BCUT2D eigenvalue weighted by molar-refractivity contribution is 6.31. The molecular formula is C31H27Cl2N5O2. The summed E-state index contributed by atoms with van der Waals surface area (Å²) in [5, 5.41) is 12.5. The van der Waals surface area contributed by atoms with Gasteiger partial charge >= 0.3 is 0 Å². The lowest BCUT2D eigenvalue weighted by molar-refractivity contribution is 0.413. The van der Waals surface area contributed by atoms with Gasteiger partial charge in [0.2, 0.25) is 0 Å². The molecule has 4 aromatic carbocycles. The van der Waals surface area contributed by atoms with Gasteiger partial charge < -0.3 is 25.4 Å². The molecule has 7 nitrogen and oxygen atoms in total. The number of guanidine groups is 1. The summed E-state index contributed by atoms with van der Waals surface area (Å²) < 4.78 is 11.1. The summed E-state index contributed by atoms with van der Waals surface area (Å²) >= 11 is 12.2. The van der Waals surface area contributed by atoms with Gasteiger partial charge in [-0.25, -0.2) is 0 Å². The van der Waals surface area contributed by atoms with E-state index in [0.29, 0.717) is 29.1 Å². The van der Waals surface area contributed by atoms with Crippen LogP contribution in [0.25, 0.3) is 10.9 Å². The summed E-state index contributed by atoms with van der Waals surface area (Å²) in [5.41, 5.74) is 3.53. The Hall–Kier alpha value is -4.46. The Morgan fingerprint density at radius 1 is 0.750 bits per heavy atom. The fourth-order valence-corrected chi connectivity index (χ4v) is 4.23. The first-order chi connectivity index (χ1) is 19.6. The number of benzene rings is 4. The quantitative estimate of drug-likeness (QED) is 0.0936. The first-order valence-electron chi connectivity index (χ1n) is 12.6. The second-order valence-electron chi connectivity index (χ2n) is 8.74. The Bertz CT molecular complexity index is 1590. The smallest absolute Gasteiger partial charge is 0.200 e. The molecule has 0 aliphatic rings. The Morgan fingerprint density at radius 3 is 2.02 bits per heavy atom. The van der Waals surface area contributed by atoms with Crippen LogP contribution in [-0.4, -0.2) is 31.1 Å². The third-order valence-electron chi connectivity index (χ3n) is 5.92. The van der Waals surface area contributed by atoms with Crippen LogP contribution in [0, 0.1) is 0 Å².